The molecule has 0 heterocycles. The van der Waals surface area contributed by atoms with E-state index in [-0.39, 0.29) is 24.8 Å². The predicted octanol–water partition coefficient (Wildman–Crippen LogP) is 4.56. The lowest BCUT2D eigenvalue weighted by Gasteiger charge is -1.99. The topological polar surface area (TPSA) is 0 Å². The van der Waals surface area contributed by atoms with E-state index in [1.165, 1.54) is 51.4 Å². The standard InChI is InChI=1S/C10H21B.2ClH/c1-2-3-4-5-6-7-8-9-10-11;;/h2-10H2,1H3;2*1H. The normalized spacial score (nSPS) is 8.69. The zero-order valence-electron chi connectivity index (χ0n) is 8.76. The second-order valence-corrected chi connectivity index (χ2v) is 3.26. The molecule has 3 heteroatoms. The first-order chi connectivity index (χ1) is 5.41. The third-order valence-corrected chi connectivity index (χ3v) is 2.06. The summed E-state index contributed by atoms with van der Waals surface area (Å²) in [5.74, 6) is 0. The molecule has 80 valence electrons. The molecule has 0 aliphatic rings. The van der Waals surface area contributed by atoms with Gasteiger partial charge in [-0.15, -0.1) is 24.8 Å². The highest BCUT2D eigenvalue weighted by Crippen LogP contribution is 2.08. The Morgan fingerprint density at radius 1 is 0.692 bits per heavy atom. The maximum atomic E-state index is 5.39. The van der Waals surface area contributed by atoms with Crippen LogP contribution in [0.25, 0.3) is 0 Å². The molecular weight excluding hydrogens is 202 g/mol. The fourth-order valence-corrected chi connectivity index (χ4v) is 1.28. The summed E-state index contributed by atoms with van der Waals surface area (Å²) in [6.07, 6.45) is 11.9. The number of halogens is 2. The quantitative estimate of drug-likeness (QED) is 0.419. The van der Waals surface area contributed by atoms with E-state index in [1.807, 2.05) is 0 Å². The maximum Gasteiger partial charge on any atom is 0.0653 e. The Labute approximate surface area is 97.5 Å². The van der Waals surface area contributed by atoms with Gasteiger partial charge in [0.05, 0.1) is 7.85 Å². The fourth-order valence-electron chi connectivity index (χ4n) is 1.28. The molecule has 0 bridgehead atoms. The number of unbranched alkanes of at least 4 members (excludes halogenated alkanes) is 7. The van der Waals surface area contributed by atoms with Gasteiger partial charge in [-0.1, -0.05) is 64.6 Å². The summed E-state index contributed by atoms with van der Waals surface area (Å²) in [6, 6.07) is 0. The van der Waals surface area contributed by atoms with Crippen molar-refractivity contribution in [1.82, 2.24) is 0 Å². The van der Waals surface area contributed by atoms with Gasteiger partial charge >= 0.3 is 0 Å². The van der Waals surface area contributed by atoms with Crippen LogP contribution < -0.4 is 0 Å². The summed E-state index contributed by atoms with van der Waals surface area (Å²) in [5.41, 5.74) is 0. The summed E-state index contributed by atoms with van der Waals surface area (Å²) in [5, 5.41) is 0. The van der Waals surface area contributed by atoms with Gasteiger partial charge in [0.1, 0.15) is 0 Å². The van der Waals surface area contributed by atoms with Gasteiger partial charge in [-0.05, 0) is 0 Å². The number of hydrogen-bond donors (Lipinski definition) is 0. The Morgan fingerprint density at radius 2 is 1.08 bits per heavy atom. The number of rotatable bonds is 8. The first-order valence-electron chi connectivity index (χ1n) is 5.12. The van der Waals surface area contributed by atoms with Crippen LogP contribution in [0.1, 0.15) is 58.3 Å². The molecule has 0 saturated carbocycles. The molecule has 0 spiro atoms. The second kappa shape index (κ2) is 18.4. The minimum absolute atomic E-state index is 0. The van der Waals surface area contributed by atoms with E-state index >= 15 is 0 Å². The molecule has 0 aromatic rings. The van der Waals surface area contributed by atoms with Crippen LogP contribution in [0.4, 0.5) is 0 Å². The van der Waals surface area contributed by atoms with Crippen molar-refractivity contribution in [2.24, 2.45) is 0 Å². The largest absolute Gasteiger partial charge is 0.147 e. The lowest BCUT2D eigenvalue weighted by Crippen LogP contribution is -1.79. The van der Waals surface area contributed by atoms with Crippen molar-refractivity contribution < 1.29 is 0 Å². The van der Waals surface area contributed by atoms with Crippen LogP contribution in [0, 0.1) is 0 Å². The van der Waals surface area contributed by atoms with Crippen LogP contribution in [-0.4, -0.2) is 7.85 Å². The van der Waals surface area contributed by atoms with Gasteiger partial charge < -0.3 is 0 Å². The van der Waals surface area contributed by atoms with Crippen molar-refractivity contribution in [3.05, 3.63) is 0 Å². The van der Waals surface area contributed by atoms with Crippen molar-refractivity contribution in [3.8, 4) is 0 Å². The monoisotopic (exact) mass is 224 g/mol. The van der Waals surface area contributed by atoms with Crippen molar-refractivity contribution in [1.29, 1.82) is 0 Å². The molecule has 0 nitrogen and oxygen atoms in total. The molecule has 0 atom stereocenters. The Balaban J connectivity index is -0.000000500. The third-order valence-electron chi connectivity index (χ3n) is 2.06. The molecule has 0 aromatic carbocycles. The molecule has 0 rings (SSSR count). The minimum atomic E-state index is 0. The highest BCUT2D eigenvalue weighted by atomic mass is 35.5. The van der Waals surface area contributed by atoms with Gasteiger partial charge in [-0.3, -0.25) is 0 Å². The van der Waals surface area contributed by atoms with Gasteiger partial charge in [-0.2, -0.15) is 0 Å². The van der Waals surface area contributed by atoms with Gasteiger partial charge in [0.25, 0.3) is 0 Å². The van der Waals surface area contributed by atoms with Gasteiger partial charge in [0.15, 0.2) is 0 Å². The Kier molecular flexibility index (Phi) is 27.3. The highest BCUT2D eigenvalue weighted by molar-refractivity contribution is 6.08. The molecule has 13 heavy (non-hydrogen) atoms. The summed E-state index contributed by atoms with van der Waals surface area (Å²) < 4.78 is 0. The van der Waals surface area contributed by atoms with Crippen molar-refractivity contribution in [2.75, 3.05) is 0 Å². The molecule has 0 fully saturated rings. The van der Waals surface area contributed by atoms with E-state index in [4.69, 9.17) is 7.85 Å². The Bertz CT molecular complexity index is 61.9. The molecule has 0 aliphatic carbocycles. The van der Waals surface area contributed by atoms with Crippen molar-refractivity contribution >= 4 is 32.7 Å². The maximum absolute atomic E-state index is 5.39. The van der Waals surface area contributed by atoms with Crippen LogP contribution in [0.3, 0.4) is 0 Å². The molecule has 2 radical (unpaired) electrons. The van der Waals surface area contributed by atoms with E-state index in [1.54, 1.807) is 0 Å². The highest BCUT2D eigenvalue weighted by Gasteiger charge is 1.88. The molecule has 0 saturated heterocycles. The zero-order valence-corrected chi connectivity index (χ0v) is 10.4. The predicted molar refractivity (Wildman–Crippen MR) is 67.7 cm³/mol. The summed E-state index contributed by atoms with van der Waals surface area (Å²) in [6.45, 7) is 2.26. The van der Waals surface area contributed by atoms with Crippen molar-refractivity contribution in [2.45, 2.75) is 64.6 Å². The molecular formula is C10H23BCl2. The minimum Gasteiger partial charge on any atom is -0.147 e. The van der Waals surface area contributed by atoms with Gasteiger partial charge in [-0.25, -0.2) is 0 Å². The molecule has 0 unspecified atom stereocenters. The Morgan fingerprint density at radius 3 is 1.46 bits per heavy atom. The SMILES string of the molecule is Cl.Cl.[B]CCCCCCCCCC. The molecule has 0 N–H and O–H groups in total. The Hall–Kier alpha value is 0.645. The smallest absolute Gasteiger partial charge is 0.0653 e. The van der Waals surface area contributed by atoms with Crippen LogP contribution in [-0.2, 0) is 0 Å². The van der Waals surface area contributed by atoms with E-state index in [9.17, 15) is 0 Å². The van der Waals surface area contributed by atoms with Crippen LogP contribution in [0.15, 0.2) is 0 Å². The molecule has 0 aromatic heterocycles. The van der Waals surface area contributed by atoms with Crippen LogP contribution in [0.2, 0.25) is 6.32 Å². The van der Waals surface area contributed by atoms with E-state index in [0.717, 1.165) is 6.32 Å². The molecule has 0 aliphatic heterocycles. The summed E-state index contributed by atoms with van der Waals surface area (Å²) in [7, 11) is 5.39. The summed E-state index contributed by atoms with van der Waals surface area (Å²) >= 11 is 0. The van der Waals surface area contributed by atoms with Gasteiger partial charge in [0, 0.05) is 0 Å². The van der Waals surface area contributed by atoms with Crippen LogP contribution in [0.5, 0.6) is 0 Å². The fraction of sp³-hybridized carbons (Fsp3) is 1.00. The zero-order chi connectivity index (χ0) is 8.36. The van der Waals surface area contributed by atoms with Crippen LogP contribution >= 0.6 is 24.8 Å². The number of hydrogen-bond acceptors (Lipinski definition) is 0. The first kappa shape index (κ1) is 19.3. The average molecular weight is 225 g/mol. The van der Waals surface area contributed by atoms with Crippen molar-refractivity contribution in [3.63, 3.8) is 0 Å². The first-order valence-corrected chi connectivity index (χ1v) is 5.12. The lowest BCUT2D eigenvalue weighted by molar-refractivity contribution is 0.585. The summed E-state index contributed by atoms with van der Waals surface area (Å²) in [4.78, 5) is 0. The van der Waals surface area contributed by atoms with E-state index < -0.39 is 0 Å². The van der Waals surface area contributed by atoms with E-state index in [0.29, 0.717) is 0 Å². The average Bonchev–Trinajstić information content (AvgIpc) is 2.03. The lowest BCUT2D eigenvalue weighted by atomic mass is 9.98. The molecule has 0 amide bonds. The third kappa shape index (κ3) is 19.2. The second-order valence-electron chi connectivity index (χ2n) is 3.26. The van der Waals surface area contributed by atoms with E-state index in [2.05, 4.69) is 6.92 Å². The van der Waals surface area contributed by atoms with Gasteiger partial charge in [0.2, 0.25) is 0 Å².